The first-order valence-electron chi connectivity index (χ1n) is 7.68. The predicted molar refractivity (Wildman–Crippen MR) is 82.9 cm³/mol. The van der Waals surface area contributed by atoms with Crippen LogP contribution in [0.25, 0.3) is 0 Å². The zero-order chi connectivity index (χ0) is 14.8. The lowest BCUT2D eigenvalue weighted by atomic mass is 9.61. The Labute approximate surface area is 122 Å². The summed E-state index contributed by atoms with van der Waals surface area (Å²) >= 11 is 0. The van der Waals surface area contributed by atoms with Crippen LogP contribution in [0.1, 0.15) is 52.2 Å². The van der Waals surface area contributed by atoms with Gasteiger partial charge in [-0.15, -0.1) is 0 Å². The molecule has 0 spiro atoms. The molecule has 4 atom stereocenters. The summed E-state index contributed by atoms with van der Waals surface area (Å²) in [4.78, 5) is 0. The van der Waals surface area contributed by atoms with Crippen LogP contribution < -0.4 is 5.32 Å². The van der Waals surface area contributed by atoms with Crippen molar-refractivity contribution in [3.63, 3.8) is 0 Å². The van der Waals surface area contributed by atoms with Crippen molar-refractivity contribution in [1.29, 1.82) is 0 Å². The number of hydrogen-bond donors (Lipinski definition) is 2. The molecule has 0 aliphatic heterocycles. The molecule has 2 N–H and O–H groups in total. The number of ether oxygens (including phenoxy) is 1. The van der Waals surface area contributed by atoms with Gasteiger partial charge in [-0.1, -0.05) is 32.0 Å². The van der Waals surface area contributed by atoms with Crippen molar-refractivity contribution in [2.24, 2.45) is 5.41 Å². The number of rotatable bonds is 6. The molecule has 1 aromatic rings. The maximum atomic E-state index is 9.87. The van der Waals surface area contributed by atoms with Crippen LogP contribution in [0.2, 0.25) is 0 Å². The van der Waals surface area contributed by atoms with Crippen LogP contribution in [0.15, 0.2) is 24.3 Å². The van der Waals surface area contributed by atoms with Gasteiger partial charge in [0.15, 0.2) is 0 Å². The van der Waals surface area contributed by atoms with Gasteiger partial charge in [0.2, 0.25) is 0 Å². The Morgan fingerprint density at radius 1 is 1.40 bits per heavy atom. The van der Waals surface area contributed by atoms with Crippen molar-refractivity contribution in [2.75, 3.05) is 11.9 Å². The molecule has 1 fully saturated rings. The van der Waals surface area contributed by atoms with Crippen molar-refractivity contribution < 1.29 is 9.84 Å². The maximum Gasteiger partial charge on any atom is 0.0781 e. The quantitative estimate of drug-likeness (QED) is 0.832. The Hall–Kier alpha value is -1.06. The van der Waals surface area contributed by atoms with E-state index in [1.807, 2.05) is 31.2 Å². The molecular formula is C17H27NO2. The Morgan fingerprint density at radius 2 is 2.10 bits per heavy atom. The fourth-order valence-corrected chi connectivity index (χ4v) is 3.15. The number of aliphatic hydroxyl groups is 1. The molecule has 1 aliphatic carbocycles. The Bertz CT molecular complexity index is 446. The van der Waals surface area contributed by atoms with Crippen LogP contribution in [-0.4, -0.2) is 23.9 Å². The molecule has 1 saturated carbocycles. The molecule has 112 valence electrons. The van der Waals surface area contributed by atoms with Crippen molar-refractivity contribution >= 4 is 5.69 Å². The molecule has 0 heterocycles. The van der Waals surface area contributed by atoms with E-state index in [0.29, 0.717) is 12.1 Å². The lowest BCUT2D eigenvalue weighted by molar-refractivity contribution is -0.109. The summed E-state index contributed by atoms with van der Waals surface area (Å²) < 4.78 is 5.84. The van der Waals surface area contributed by atoms with Gasteiger partial charge in [0.1, 0.15) is 0 Å². The van der Waals surface area contributed by atoms with E-state index in [1.165, 1.54) is 0 Å². The summed E-state index contributed by atoms with van der Waals surface area (Å²) in [5.74, 6) is 0. The van der Waals surface area contributed by atoms with Gasteiger partial charge in [0.25, 0.3) is 0 Å². The van der Waals surface area contributed by atoms with Crippen LogP contribution in [0.4, 0.5) is 5.69 Å². The van der Waals surface area contributed by atoms with Gasteiger partial charge in [-0.3, -0.25) is 0 Å². The van der Waals surface area contributed by atoms with Crippen molar-refractivity contribution in [3.05, 3.63) is 29.8 Å². The highest BCUT2D eigenvalue weighted by Gasteiger charge is 2.51. The monoisotopic (exact) mass is 277 g/mol. The van der Waals surface area contributed by atoms with E-state index >= 15 is 0 Å². The van der Waals surface area contributed by atoms with E-state index in [0.717, 1.165) is 30.7 Å². The number of anilines is 1. The first-order chi connectivity index (χ1) is 9.52. The third-order valence-electron chi connectivity index (χ3n) is 4.85. The lowest BCUT2D eigenvalue weighted by Gasteiger charge is -2.54. The fourth-order valence-electron chi connectivity index (χ4n) is 3.15. The van der Waals surface area contributed by atoms with Crippen LogP contribution >= 0.6 is 0 Å². The molecule has 0 radical (unpaired) electrons. The molecule has 3 nitrogen and oxygen atoms in total. The van der Waals surface area contributed by atoms with Crippen molar-refractivity contribution in [2.45, 2.75) is 58.8 Å². The number of aliphatic hydroxyl groups excluding tert-OH is 1. The summed E-state index contributed by atoms with van der Waals surface area (Å²) in [5.41, 5.74) is 2.18. The van der Waals surface area contributed by atoms with Crippen molar-refractivity contribution in [1.82, 2.24) is 0 Å². The topological polar surface area (TPSA) is 41.5 Å². The van der Waals surface area contributed by atoms with E-state index in [-0.39, 0.29) is 5.41 Å². The van der Waals surface area contributed by atoms with Gasteiger partial charge in [-0.25, -0.2) is 0 Å². The van der Waals surface area contributed by atoms with Gasteiger partial charge in [0.05, 0.1) is 12.2 Å². The Morgan fingerprint density at radius 3 is 2.70 bits per heavy atom. The molecule has 4 unspecified atom stereocenters. The first-order valence-corrected chi connectivity index (χ1v) is 7.68. The molecule has 0 amide bonds. The summed E-state index contributed by atoms with van der Waals surface area (Å²) in [7, 11) is 0. The summed E-state index contributed by atoms with van der Waals surface area (Å²) in [6.07, 6.45) is 2.02. The fraction of sp³-hybridized carbons (Fsp3) is 0.647. The minimum Gasteiger partial charge on any atom is -0.389 e. The Kier molecular flexibility index (Phi) is 4.71. The van der Waals surface area contributed by atoms with Gasteiger partial charge < -0.3 is 15.2 Å². The second-order valence-corrected chi connectivity index (χ2v) is 6.00. The number of nitrogens with one attached hydrogen (secondary N) is 1. The molecular weight excluding hydrogens is 250 g/mol. The zero-order valence-electron chi connectivity index (χ0n) is 13.0. The van der Waals surface area contributed by atoms with E-state index in [9.17, 15) is 5.11 Å². The molecule has 0 aromatic heterocycles. The predicted octanol–water partition coefficient (Wildman–Crippen LogP) is 3.75. The highest BCUT2D eigenvalue weighted by atomic mass is 16.5. The summed E-state index contributed by atoms with van der Waals surface area (Å²) in [6.45, 7) is 9.15. The van der Waals surface area contributed by atoms with Gasteiger partial charge in [-0.2, -0.15) is 0 Å². The third kappa shape index (κ3) is 2.70. The van der Waals surface area contributed by atoms with E-state index in [1.54, 1.807) is 0 Å². The molecule has 3 heteroatoms. The summed E-state index contributed by atoms with van der Waals surface area (Å²) in [6, 6.07) is 8.41. The summed E-state index contributed by atoms with van der Waals surface area (Å²) in [5, 5.41) is 13.5. The second kappa shape index (κ2) is 6.15. The molecule has 1 aliphatic rings. The second-order valence-electron chi connectivity index (χ2n) is 6.00. The standard InChI is InChI=1S/C17H27NO2/c1-5-17(4)15(11-16(17)20-6-2)18-14-10-8-7-9-13(14)12(3)19/h7-10,12,15-16,18-19H,5-6,11H2,1-4H3. The molecule has 2 rings (SSSR count). The normalized spacial score (nSPS) is 30.6. The van der Waals surface area contributed by atoms with Gasteiger partial charge in [0, 0.05) is 29.3 Å². The lowest BCUT2D eigenvalue weighted by Crippen LogP contribution is -2.59. The molecule has 0 bridgehead atoms. The Balaban J connectivity index is 2.12. The smallest absolute Gasteiger partial charge is 0.0781 e. The maximum absolute atomic E-state index is 9.87. The van der Waals surface area contributed by atoms with Gasteiger partial charge in [-0.05, 0) is 32.8 Å². The molecule has 20 heavy (non-hydrogen) atoms. The van der Waals surface area contributed by atoms with E-state index in [2.05, 4.69) is 26.1 Å². The minimum atomic E-state index is -0.450. The average Bonchev–Trinajstić information content (AvgIpc) is 2.45. The number of para-hydroxylation sites is 1. The van der Waals surface area contributed by atoms with Gasteiger partial charge >= 0.3 is 0 Å². The van der Waals surface area contributed by atoms with Crippen LogP contribution in [0.5, 0.6) is 0 Å². The van der Waals surface area contributed by atoms with Crippen LogP contribution in [0, 0.1) is 5.41 Å². The number of benzene rings is 1. The van der Waals surface area contributed by atoms with Crippen LogP contribution in [-0.2, 0) is 4.74 Å². The average molecular weight is 277 g/mol. The minimum absolute atomic E-state index is 0.168. The highest BCUT2D eigenvalue weighted by molar-refractivity contribution is 5.53. The highest BCUT2D eigenvalue weighted by Crippen LogP contribution is 2.47. The number of hydrogen-bond acceptors (Lipinski definition) is 3. The van der Waals surface area contributed by atoms with Crippen molar-refractivity contribution in [3.8, 4) is 0 Å². The molecule has 0 saturated heterocycles. The largest absolute Gasteiger partial charge is 0.389 e. The zero-order valence-corrected chi connectivity index (χ0v) is 13.0. The third-order valence-corrected chi connectivity index (χ3v) is 4.85. The van der Waals surface area contributed by atoms with E-state index < -0.39 is 6.10 Å². The molecule has 1 aromatic carbocycles. The van der Waals surface area contributed by atoms with Crippen LogP contribution in [0.3, 0.4) is 0 Å². The van der Waals surface area contributed by atoms with E-state index in [4.69, 9.17) is 4.74 Å². The SMILES string of the molecule is CCOC1CC(Nc2ccccc2C(C)O)C1(C)CC. The first kappa shape index (κ1) is 15.3.